The van der Waals surface area contributed by atoms with Crippen LogP contribution in [0.25, 0.3) is 0 Å². The molecule has 0 bridgehead atoms. The van der Waals surface area contributed by atoms with Crippen LogP contribution in [0.15, 0.2) is 0 Å². The molecule has 0 aromatic rings. The van der Waals surface area contributed by atoms with Crippen LogP contribution < -0.4 is 5.32 Å². The van der Waals surface area contributed by atoms with Crippen molar-refractivity contribution >= 4 is 5.97 Å². The molecule has 15 heavy (non-hydrogen) atoms. The van der Waals surface area contributed by atoms with Crippen LogP contribution in [0.4, 0.5) is 0 Å². The highest BCUT2D eigenvalue weighted by molar-refractivity contribution is 5.67. The molecule has 1 saturated carbocycles. The molecule has 0 saturated heterocycles. The van der Waals surface area contributed by atoms with Crippen LogP contribution in [-0.4, -0.2) is 48.1 Å². The van der Waals surface area contributed by atoms with Gasteiger partial charge in [-0.3, -0.25) is 4.79 Å². The molecule has 1 unspecified atom stereocenters. The molecule has 3 N–H and O–H groups in total. The molecule has 5 nitrogen and oxygen atoms in total. The molecule has 0 spiro atoms. The Balaban J connectivity index is 2.12. The van der Waals surface area contributed by atoms with E-state index >= 15 is 0 Å². The van der Waals surface area contributed by atoms with Crippen molar-refractivity contribution in [2.45, 2.75) is 37.4 Å². The van der Waals surface area contributed by atoms with Crippen LogP contribution in [-0.2, 0) is 9.53 Å². The number of carboxylic acid groups (broad SMARTS) is 1. The van der Waals surface area contributed by atoms with Crippen LogP contribution in [0.1, 0.15) is 25.7 Å². The van der Waals surface area contributed by atoms with Crippen LogP contribution >= 0.6 is 0 Å². The van der Waals surface area contributed by atoms with Gasteiger partial charge in [0, 0.05) is 20.2 Å². The van der Waals surface area contributed by atoms with Gasteiger partial charge >= 0.3 is 5.97 Å². The van der Waals surface area contributed by atoms with Gasteiger partial charge in [-0.15, -0.1) is 0 Å². The largest absolute Gasteiger partial charge is 0.481 e. The molecule has 1 rings (SSSR count). The molecule has 0 aromatic carbocycles. The zero-order valence-corrected chi connectivity index (χ0v) is 9.03. The summed E-state index contributed by atoms with van der Waals surface area (Å²) in [5.74, 6) is -0.977. The standard InChI is InChI=1S/C10H19NO4/c1-15-10(3-2-4-10)7-11-6-8(12)5-9(13)14/h8,11-12H,2-7H2,1H3,(H,13,14). The SMILES string of the molecule is COC1(CNCC(O)CC(=O)O)CCC1. The number of hydrogen-bond acceptors (Lipinski definition) is 4. The smallest absolute Gasteiger partial charge is 0.306 e. The lowest BCUT2D eigenvalue weighted by Gasteiger charge is -2.40. The average molecular weight is 217 g/mol. The lowest BCUT2D eigenvalue weighted by Crippen LogP contribution is -2.49. The second kappa shape index (κ2) is 5.44. The Hall–Kier alpha value is -0.650. The Bertz CT molecular complexity index is 210. The first-order chi connectivity index (χ1) is 7.08. The Kier molecular flexibility index (Phi) is 4.50. The second-order valence-corrected chi connectivity index (χ2v) is 4.12. The maximum Gasteiger partial charge on any atom is 0.306 e. The number of carboxylic acids is 1. The van der Waals surface area contributed by atoms with E-state index in [1.807, 2.05) is 0 Å². The summed E-state index contributed by atoms with van der Waals surface area (Å²) in [6.07, 6.45) is 2.20. The van der Waals surface area contributed by atoms with Crippen molar-refractivity contribution in [2.75, 3.05) is 20.2 Å². The average Bonchev–Trinajstić information content (AvgIpc) is 2.08. The summed E-state index contributed by atoms with van der Waals surface area (Å²) >= 11 is 0. The summed E-state index contributed by atoms with van der Waals surface area (Å²) in [6.45, 7) is 0.984. The number of carbonyl (C=O) groups is 1. The third kappa shape index (κ3) is 3.77. The van der Waals surface area contributed by atoms with E-state index in [4.69, 9.17) is 9.84 Å². The van der Waals surface area contributed by atoms with Crippen molar-refractivity contribution in [3.8, 4) is 0 Å². The zero-order valence-electron chi connectivity index (χ0n) is 9.03. The maximum atomic E-state index is 10.3. The molecule has 5 heteroatoms. The zero-order chi connectivity index (χ0) is 11.3. The monoisotopic (exact) mass is 217 g/mol. The first-order valence-corrected chi connectivity index (χ1v) is 5.24. The van der Waals surface area contributed by atoms with Gasteiger partial charge in [0.2, 0.25) is 0 Å². The van der Waals surface area contributed by atoms with E-state index in [2.05, 4.69) is 5.32 Å². The minimum Gasteiger partial charge on any atom is -0.481 e. The number of nitrogens with one attached hydrogen (secondary N) is 1. The molecule has 1 fully saturated rings. The highest BCUT2D eigenvalue weighted by Crippen LogP contribution is 2.34. The highest BCUT2D eigenvalue weighted by Gasteiger charge is 2.36. The first-order valence-electron chi connectivity index (χ1n) is 5.24. The third-order valence-corrected chi connectivity index (χ3v) is 2.94. The van der Waals surface area contributed by atoms with Crippen molar-refractivity contribution in [1.29, 1.82) is 0 Å². The molecule has 88 valence electrons. The molecular formula is C10H19NO4. The normalized spacial score (nSPS) is 20.7. The van der Waals surface area contributed by atoms with Gasteiger partial charge in [-0.1, -0.05) is 0 Å². The van der Waals surface area contributed by atoms with E-state index in [1.54, 1.807) is 7.11 Å². The van der Waals surface area contributed by atoms with Gasteiger partial charge in [0.25, 0.3) is 0 Å². The Morgan fingerprint density at radius 3 is 2.67 bits per heavy atom. The molecule has 0 amide bonds. The van der Waals surface area contributed by atoms with Gasteiger partial charge in [-0.25, -0.2) is 0 Å². The topological polar surface area (TPSA) is 78.8 Å². The number of hydrogen-bond donors (Lipinski definition) is 3. The van der Waals surface area contributed by atoms with Gasteiger partial charge in [0.1, 0.15) is 0 Å². The molecule has 1 aliphatic rings. The van der Waals surface area contributed by atoms with Crippen LogP contribution in [0.5, 0.6) is 0 Å². The fraction of sp³-hybridized carbons (Fsp3) is 0.900. The summed E-state index contributed by atoms with van der Waals surface area (Å²) in [5.41, 5.74) is -0.0804. The van der Waals surface area contributed by atoms with Gasteiger partial charge in [-0.05, 0) is 19.3 Å². The predicted molar refractivity (Wildman–Crippen MR) is 54.7 cm³/mol. The van der Waals surface area contributed by atoms with E-state index in [0.717, 1.165) is 12.8 Å². The summed E-state index contributed by atoms with van der Waals surface area (Å²) in [6, 6.07) is 0. The molecule has 0 radical (unpaired) electrons. The number of aliphatic hydroxyl groups excluding tert-OH is 1. The summed E-state index contributed by atoms with van der Waals surface area (Å²) < 4.78 is 5.38. The second-order valence-electron chi connectivity index (χ2n) is 4.12. The lowest BCUT2D eigenvalue weighted by molar-refractivity contribution is -0.139. The fourth-order valence-electron chi connectivity index (χ4n) is 1.76. The number of rotatable bonds is 7. The number of methoxy groups -OCH3 is 1. The lowest BCUT2D eigenvalue weighted by atomic mass is 9.80. The van der Waals surface area contributed by atoms with Crippen molar-refractivity contribution in [2.24, 2.45) is 0 Å². The van der Waals surface area contributed by atoms with Crippen molar-refractivity contribution in [3.05, 3.63) is 0 Å². The Morgan fingerprint density at radius 2 is 2.27 bits per heavy atom. The Morgan fingerprint density at radius 1 is 1.60 bits per heavy atom. The molecule has 0 heterocycles. The van der Waals surface area contributed by atoms with Gasteiger partial charge in [0.15, 0.2) is 0 Å². The number of aliphatic hydroxyl groups is 1. The third-order valence-electron chi connectivity index (χ3n) is 2.94. The molecule has 0 aromatic heterocycles. The van der Waals surface area contributed by atoms with Crippen LogP contribution in [0.2, 0.25) is 0 Å². The first kappa shape index (κ1) is 12.4. The molecule has 0 aliphatic heterocycles. The van der Waals surface area contributed by atoms with E-state index < -0.39 is 12.1 Å². The molecule has 1 atom stereocenters. The van der Waals surface area contributed by atoms with Gasteiger partial charge in [-0.2, -0.15) is 0 Å². The summed E-state index contributed by atoms with van der Waals surface area (Å²) in [4.78, 5) is 10.3. The van der Waals surface area contributed by atoms with E-state index in [0.29, 0.717) is 13.1 Å². The number of ether oxygens (including phenoxy) is 1. The van der Waals surface area contributed by atoms with Gasteiger partial charge in [0.05, 0.1) is 18.1 Å². The van der Waals surface area contributed by atoms with Crippen LogP contribution in [0, 0.1) is 0 Å². The van der Waals surface area contributed by atoms with Crippen LogP contribution in [0.3, 0.4) is 0 Å². The minimum atomic E-state index is -0.977. The summed E-state index contributed by atoms with van der Waals surface area (Å²) in [7, 11) is 1.69. The molecule has 1 aliphatic carbocycles. The van der Waals surface area contributed by atoms with Crippen molar-refractivity contribution in [3.63, 3.8) is 0 Å². The fourth-order valence-corrected chi connectivity index (χ4v) is 1.76. The van der Waals surface area contributed by atoms with E-state index in [1.165, 1.54) is 6.42 Å². The van der Waals surface area contributed by atoms with Crippen molar-refractivity contribution < 1.29 is 19.7 Å². The van der Waals surface area contributed by atoms with Gasteiger partial charge < -0.3 is 20.3 Å². The highest BCUT2D eigenvalue weighted by atomic mass is 16.5. The Labute approximate surface area is 89.4 Å². The van der Waals surface area contributed by atoms with E-state index in [-0.39, 0.29) is 12.0 Å². The number of aliphatic carboxylic acids is 1. The summed E-state index contributed by atoms with van der Waals surface area (Å²) in [5, 5.41) is 20.8. The molecular weight excluding hydrogens is 198 g/mol. The maximum absolute atomic E-state index is 10.3. The van der Waals surface area contributed by atoms with E-state index in [9.17, 15) is 9.90 Å². The van der Waals surface area contributed by atoms with Crippen molar-refractivity contribution in [1.82, 2.24) is 5.32 Å². The quantitative estimate of drug-likeness (QED) is 0.558. The predicted octanol–water partition coefficient (Wildman–Crippen LogP) is -0.0193. The minimum absolute atomic E-state index is 0.0804.